The standard InChI is InChI=1S/C16H15BrO3S/c1-19-12-4-3-5-13(9-12)21-10-15(18)11-6-7-16(20-2)14(17)8-11/h3-9H,10H2,1-2H3. The molecular weight excluding hydrogens is 352 g/mol. The third-order valence-corrected chi connectivity index (χ3v) is 4.50. The third kappa shape index (κ3) is 4.25. The van der Waals surface area contributed by atoms with Crippen molar-refractivity contribution in [1.82, 2.24) is 0 Å². The lowest BCUT2D eigenvalue weighted by atomic mass is 10.1. The predicted molar refractivity (Wildman–Crippen MR) is 88.7 cm³/mol. The summed E-state index contributed by atoms with van der Waals surface area (Å²) in [6, 6.07) is 13.0. The lowest BCUT2D eigenvalue weighted by molar-refractivity contribution is 0.102. The summed E-state index contributed by atoms with van der Waals surface area (Å²) in [7, 11) is 3.23. The van der Waals surface area contributed by atoms with Crippen LogP contribution in [-0.4, -0.2) is 25.8 Å². The number of carbonyl (C=O) groups is 1. The van der Waals surface area contributed by atoms with Crippen LogP contribution in [0.2, 0.25) is 0 Å². The van der Waals surface area contributed by atoms with Gasteiger partial charge in [0.1, 0.15) is 11.5 Å². The molecule has 0 aliphatic carbocycles. The van der Waals surface area contributed by atoms with Crippen LogP contribution < -0.4 is 9.47 Å². The summed E-state index contributed by atoms with van der Waals surface area (Å²) < 4.78 is 11.1. The second-order valence-corrected chi connectivity index (χ2v) is 6.14. The summed E-state index contributed by atoms with van der Waals surface area (Å²) in [4.78, 5) is 13.2. The molecule has 0 aliphatic rings. The highest BCUT2D eigenvalue weighted by molar-refractivity contribution is 9.10. The van der Waals surface area contributed by atoms with Crippen LogP contribution in [0.25, 0.3) is 0 Å². The fourth-order valence-corrected chi connectivity index (χ4v) is 3.14. The molecule has 5 heteroatoms. The number of hydrogen-bond donors (Lipinski definition) is 0. The Bertz CT molecular complexity index is 643. The van der Waals surface area contributed by atoms with E-state index in [9.17, 15) is 4.79 Å². The maximum Gasteiger partial charge on any atom is 0.173 e. The Morgan fingerprint density at radius 3 is 2.62 bits per heavy atom. The van der Waals surface area contributed by atoms with Crippen LogP contribution >= 0.6 is 27.7 Å². The summed E-state index contributed by atoms with van der Waals surface area (Å²) in [5.41, 5.74) is 0.665. The SMILES string of the molecule is COc1cccc(SCC(=O)c2ccc(OC)c(Br)c2)c1. The van der Waals surface area contributed by atoms with Gasteiger partial charge in [-0.1, -0.05) is 6.07 Å². The van der Waals surface area contributed by atoms with E-state index in [1.54, 1.807) is 32.4 Å². The molecule has 2 rings (SSSR count). The molecule has 0 saturated heterocycles. The Morgan fingerprint density at radius 2 is 1.95 bits per heavy atom. The predicted octanol–water partition coefficient (Wildman–Crippen LogP) is 4.44. The van der Waals surface area contributed by atoms with Crippen molar-refractivity contribution in [3.63, 3.8) is 0 Å². The lowest BCUT2D eigenvalue weighted by Gasteiger charge is -2.06. The first-order valence-corrected chi connectivity index (χ1v) is 8.05. The number of benzene rings is 2. The molecule has 0 unspecified atom stereocenters. The number of rotatable bonds is 6. The minimum atomic E-state index is 0.0752. The van der Waals surface area contributed by atoms with Gasteiger partial charge in [-0.15, -0.1) is 11.8 Å². The topological polar surface area (TPSA) is 35.5 Å². The molecule has 0 heterocycles. The van der Waals surface area contributed by atoms with Gasteiger partial charge in [-0.05, 0) is 52.3 Å². The fraction of sp³-hybridized carbons (Fsp3) is 0.188. The Kier molecular flexibility index (Phi) is 5.70. The van der Waals surface area contributed by atoms with E-state index in [2.05, 4.69) is 15.9 Å². The molecule has 3 nitrogen and oxygen atoms in total. The van der Waals surface area contributed by atoms with Crippen LogP contribution in [0, 0.1) is 0 Å². The number of Topliss-reactive ketones (excluding diaryl/α,β-unsaturated/α-hetero) is 1. The van der Waals surface area contributed by atoms with Crippen LogP contribution in [0.5, 0.6) is 11.5 Å². The van der Waals surface area contributed by atoms with Crippen LogP contribution in [-0.2, 0) is 0 Å². The van der Waals surface area contributed by atoms with Gasteiger partial charge in [0.05, 0.1) is 24.4 Å². The second kappa shape index (κ2) is 7.52. The largest absolute Gasteiger partial charge is 0.497 e. The van der Waals surface area contributed by atoms with Crippen LogP contribution in [0.3, 0.4) is 0 Å². The van der Waals surface area contributed by atoms with Gasteiger partial charge < -0.3 is 9.47 Å². The van der Waals surface area contributed by atoms with Gasteiger partial charge in [-0.25, -0.2) is 0 Å². The highest BCUT2D eigenvalue weighted by atomic mass is 79.9. The molecule has 0 amide bonds. The lowest BCUT2D eigenvalue weighted by Crippen LogP contribution is -2.02. The highest BCUT2D eigenvalue weighted by Crippen LogP contribution is 2.27. The van der Waals surface area contributed by atoms with E-state index in [0.717, 1.165) is 15.1 Å². The maximum atomic E-state index is 12.2. The Balaban J connectivity index is 2.02. The summed E-state index contributed by atoms with van der Waals surface area (Å²) in [5.74, 6) is 1.96. The average molecular weight is 367 g/mol. The fourth-order valence-electron chi connectivity index (χ4n) is 1.76. The Labute approximate surface area is 136 Å². The first-order valence-electron chi connectivity index (χ1n) is 6.27. The number of ketones is 1. The zero-order valence-corrected chi connectivity index (χ0v) is 14.2. The second-order valence-electron chi connectivity index (χ2n) is 4.24. The molecule has 0 aliphatic heterocycles. The van der Waals surface area contributed by atoms with Gasteiger partial charge in [0.25, 0.3) is 0 Å². The van der Waals surface area contributed by atoms with E-state index >= 15 is 0 Å². The summed E-state index contributed by atoms with van der Waals surface area (Å²) in [5, 5.41) is 0. The molecule has 2 aromatic carbocycles. The van der Waals surface area contributed by atoms with Crippen LogP contribution in [0.4, 0.5) is 0 Å². The molecule has 0 bridgehead atoms. The van der Waals surface area contributed by atoms with Gasteiger partial charge in [-0.3, -0.25) is 4.79 Å². The molecule has 0 fully saturated rings. The normalized spacial score (nSPS) is 10.2. The number of halogens is 1. The third-order valence-electron chi connectivity index (χ3n) is 2.88. The zero-order chi connectivity index (χ0) is 15.2. The maximum absolute atomic E-state index is 12.2. The van der Waals surface area contributed by atoms with Crippen molar-refractivity contribution in [3.8, 4) is 11.5 Å². The van der Waals surface area contributed by atoms with Gasteiger partial charge in [0.15, 0.2) is 5.78 Å². The first-order chi connectivity index (χ1) is 10.1. The highest BCUT2D eigenvalue weighted by Gasteiger charge is 2.10. The van der Waals surface area contributed by atoms with E-state index in [1.165, 1.54) is 11.8 Å². The molecule has 0 spiro atoms. The molecule has 0 atom stereocenters. The minimum absolute atomic E-state index is 0.0752. The molecule has 110 valence electrons. The zero-order valence-electron chi connectivity index (χ0n) is 11.8. The van der Waals surface area contributed by atoms with Crippen molar-refractivity contribution in [1.29, 1.82) is 0 Å². The molecule has 0 saturated carbocycles. The van der Waals surface area contributed by atoms with Crippen molar-refractivity contribution < 1.29 is 14.3 Å². The van der Waals surface area contributed by atoms with Crippen molar-refractivity contribution in [3.05, 3.63) is 52.5 Å². The van der Waals surface area contributed by atoms with E-state index in [-0.39, 0.29) is 5.78 Å². The van der Waals surface area contributed by atoms with Crippen molar-refractivity contribution >= 4 is 33.5 Å². The van der Waals surface area contributed by atoms with Crippen molar-refractivity contribution in [2.45, 2.75) is 4.90 Å². The average Bonchev–Trinajstić information content (AvgIpc) is 2.52. The van der Waals surface area contributed by atoms with Gasteiger partial charge in [0.2, 0.25) is 0 Å². The van der Waals surface area contributed by atoms with E-state index in [0.29, 0.717) is 17.1 Å². The number of ether oxygens (including phenoxy) is 2. The van der Waals surface area contributed by atoms with E-state index in [4.69, 9.17) is 9.47 Å². The number of methoxy groups -OCH3 is 2. The number of hydrogen-bond acceptors (Lipinski definition) is 4. The Hall–Kier alpha value is -1.46. The van der Waals surface area contributed by atoms with Crippen LogP contribution in [0.1, 0.15) is 10.4 Å². The molecule has 0 radical (unpaired) electrons. The molecule has 2 aromatic rings. The van der Waals surface area contributed by atoms with E-state index < -0.39 is 0 Å². The van der Waals surface area contributed by atoms with E-state index in [1.807, 2.05) is 24.3 Å². The number of carbonyl (C=O) groups excluding carboxylic acids is 1. The van der Waals surface area contributed by atoms with Crippen LogP contribution in [0.15, 0.2) is 51.8 Å². The summed E-state index contributed by atoms with van der Waals surface area (Å²) in [6.07, 6.45) is 0. The quantitative estimate of drug-likeness (QED) is 0.559. The first kappa shape index (κ1) is 15.9. The molecule has 0 aromatic heterocycles. The Morgan fingerprint density at radius 1 is 1.14 bits per heavy atom. The molecule has 21 heavy (non-hydrogen) atoms. The monoisotopic (exact) mass is 366 g/mol. The molecular formula is C16H15BrO3S. The van der Waals surface area contributed by atoms with Gasteiger partial charge in [0, 0.05) is 10.5 Å². The van der Waals surface area contributed by atoms with Gasteiger partial charge in [-0.2, -0.15) is 0 Å². The van der Waals surface area contributed by atoms with Crippen molar-refractivity contribution in [2.24, 2.45) is 0 Å². The summed E-state index contributed by atoms with van der Waals surface area (Å²) in [6.45, 7) is 0. The molecule has 0 N–H and O–H groups in total. The minimum Gasteiger partial charge on any atom is -0.497 e. The van der Waals surface area contributed by atoms with Gasteiger partial charge >= 0.3 is 0 Å². The number of thioether (sulfide) groups is 1. The smallest absolute Gasteiger partial charge is 0.173 e. The summed E-state index contributed by atoms with van der Waals surface area (Å²) >= 11 is 4.88. The van der Waals surface area contributed by atoms with Crippen molar-refractivity contribution in [2.75, 3.05) is 20.0 Å².